The molecule has 0 saturated heterocycles. The van der Waals surface area contributed by atoms with Crippen LogP contribution in [0.25, 0.3) is 11.4 Å². The second-order valence-electron chi connectivity index (χ2n) is 8.01. The van der Waals surface area contributed by atoms with E-state index < -0.39 is 0 Å². The molecule has 1 aromatic heterocycles. The SMILES string of the molecule is C=CCNCC=C.Cc1cc(C)c(-n2ccn(-c3c(C)cc(C)cc3C)[c]2=[Pd])c(C)c1.[CH3-].[CH3-]. The molecule has 0 amide bonds. The van der Waals surface area contributed by atoms with Gasteiger partial charge in [-0.1, -0.05) is 12.2 Å². The molecule has 33 heavy (non-hydrogen) atoms. The van der Waals surface area contributed by atoms with Gasteiger partial charge in [-0.3, -0.25) is 0 Å². The summed E-state index contributed by atoms with van der Waals surface area (Å²) in [4.78, 5) is 0. The van der Waals surface area contributed by atoms with Crippen molar-refractivity contribution in [3.05, 3.63) is 114 Å². The molecule has 0 fully saturated rings. The van der Waals surface area contributed by atoms with E-state index in [0.29, 0.717) is 0 Å². The molecule has 0 bridgehead atoms. The topological polar surface area (TPSA) is 21.9 Å². The summed E-state index contributed by atoms with van der Waals surface area (Å²) in [5, 5.41) is 3.05. The minimum absolute atomic E-state index is 0. The molecular weight excluding hydrogens is 497 g/mol. The quantitative estimate of drug-likeness (QED) is 0.155. The standard InChI is InChI=1S/C21H24N2.C6H11N.2CH3.Pd/c1-14-9-16(3)20(17(4)10-14)22-7-8-23(13-22)21-18(5)11-15(2)12-19(21)6;1-3-5-7-6-4-2;;;/h7-12H,1-6H3;3-4,7H,1-2,5-6H2;2*1H3;/q;;2*-1;. The van der Waals surface area contributed by atoms with Crippen molar-refractivity contribution in [2.45, 2.75) is 41.5 Å². The van der Waals surface area contributed by atoms with Crippen molar-refractivity contribution < 1.29 is 18.7 Å². The fraction of sp³-hybridized carbons (Fsp3) is 0.276. The summed E-state index contributed by atoms with van der Waals surface area (Å²) in [5.41, 5.74) is 10.3. The number of aromatic nitrogens is 2. The molecule has 3 nitrogen and oxygen atoms in total. The molecule has 0 aliphatic rings. The Balaban J connectivity index is 0.000000998. The predicted molar refractivity (Wildman–Crippen MR) is 143 cm³/mol. The average molecular weight is 538 g/mol. The second kappa shape index (κ2) is 14.1. The molecule has 0 saturated carbocycles. The van der Waals surface area contributed by atoms with Crippen LogP contribution in [0.1, 0.15) is 33.4 Å². The van der Waals surface area contributed by atoms with Gasteiger partial charge in [0.25, 0.3) is 0 Å². The monoisotopic (exact) mass is 537 g/mol. The van der Waals surface area contributed by atoms with Gasteiger partial charge in [0.2, 0.25) is 0 Å². The normalized spacial score (nSPS) is 9.82. The molecule has 2 aromatic carbocycles. The first-order valence-corrected chi connectivity index (χ1v) is 11.3. The van der Waals surface area contributed by atoms with Crippen LogP contribution in [0.2, 0.25) is 0 Å². The van der Waals surface area contributed by atoms with Crippen molar-refractivity contribution in [2.24, 2.45) is 0 Å². The van der Waals surface area contributed by atoms with Gasteiger partial charge in [-0.15, -0.1) is 13.2 Å². The molecule has 0 spiro atoms. The van der Waals surface area contributed by atoms with Crippen LogP contribution in [0.3, 0.4) is 0 Å². The van der Waals surface area contributed by atoms with Crippen LogP contribution in [0.15, 0.2) is 62.0 Å². The van der Waals surface area contributed by atoms with Crippen LogP contribution in [0.4, 0.5) is 0 Å². The van der Waals surface area contributed by atoms with Gasteiger partial charge in [0.1, 0.15) is 0 Å². The molecule has 0 unspecified atom stereocenters. The van der Waals surface area contributed by atoms with Gasteiger partial charge in [0.05, 0.1) is 0 Å². The van der Waals surface area contributed by atoms with E-state index in [2.05, 4.69) is 125 Å². The third kappa shape index (κ3) is 7.64. The Kier molecular flexibility index (Phi) is 13.1. The maximum absolute atomic E-state index is 3.54. The van der Waals surface area contributed by atoms with Crippen LogP contribution in [0, 0.1) is 60.3 Å². The summed E-state index contributed by atoms with van der Waals surface area (Å²) in [6.07, 6.45) is 7.93. The maximum atomic E-state index is 3.54. The zero-order valence-electron chi connectivity index (χ0n) is 21.7. The number of benzene rings is 2. The molecule has 1 heterocycles. The first-order chi connectivity index (χ1) is 14.7. The van der Waals surface area contributed by atoms with Gasteiger partial charge in [-0.05, 0) is 0 Å². The van der Waals surface area contributed by atoms with E-state index in [1.807, 2.05) is 12.2 Å². The van der Waals surface area contributed by atoms with Gasteiger partial charge in [-0.25, -0.2) is 0 Å². The van der Waals surface area contributed by atoms with E-state index in [9.17, 15) is 0 Å². The van der Waals surface area contributed by atoms with Gasteiger partial charge < -0.3 is 20.2 Å². The smallest absolute Gasteiger partial charge is 0.358 e. The molecule has 3 aromatic rings. The number of nitrogens with zero attached hydrogens (tertiary/aromatic N) is 2. The van der Waals surface area contributed by atoms with Crippen LogP contribution in [-0.4, -0.2) is 22.2 Å². The summed E-state index contributed by atoms with van der Waals surface area (Å²) in [7, 11) is 0. The van der Waals surface area contributed by atoms with Crippen LogP contribution in [0.5, 0.6) is 0 Å². The van der Waals surface area contributed by atoms with Gasteiger partial charge >= 0.3 is 155 Å². The third-order valence-electron chi connectivity index (χ3n) is 5.06. The summed E-state index contributed by atoms with van der Waals surface area (Å²) in [6.45, 7) is 21.8. The number of hydrogen-bond acceptors (Lipinski definition) is 1. The van der Waals surface area contributed by atoms with Crippen molar-refractivity contribution in [1.29, 1.82) is 0 Å². The Morgan fingerprint density at radius 1 is 0.697 bits per heavy atom. The maximum Gasteiger partial charge on any atom is -0.358 e. The third-order valence-corrected chi connectivity index (χ3v) is 5.81. The van der Waals surface area contributed by atoms with Gasteiger partial charge in [-0.2, -0.15) is 0 Å². The van der Waals surface area contributed by atoms with E-state index in [4.69, 9.17) is 0 Å². The summed E-state index contributed by atoms with van der Waals surface area (Å²) >= 11 is 3.50. The first kappa shape index (κ1) is 30.8. The fourth-order valence-corrected chi connectivity index (χ4v) is 4.65. The molecular formula is C29H41N3Pd-2. The van der Waals surface area contributed by atoms with Crippen molar-refractivity contribution in [2.75, 3.05) is 13.1 Å². The van der Waals surface area contributed by atoms with Gasteiger partial charge in [0, 0.05) is 13.1 Å². The Morgan fingerprint density at radius 2 is 1.00 bits per heavy atom. The molecule has 3 rings (SSSR count). The number of nitrogens with one attached hydrogen (secondary N) is 1. The van der Waals surface area contributed by atoms with Crippen LogP contribution >= 0.6 is 0 Å². The largest absolute Gasteiger partial charge is 0.358 e. The van der Waals surface area contributed by atoms with E-state index in [-0.39, 0.29) is 14.9 Å². The molecule has 0 radical (unpaired) electrons. The van der Waals surface area contributed by atoms with Gasteiger partial charge in [0.15, 0.2) is 0 Å². The Hall–Kier alpha value is -2.25. The minimum Gasteiger partial charge on any atom is -0.358 e. The van der Waals surface area contributed by atoms with E-state index in [1.54, 1.807) is 0 Å². The molecule has 0 atom stereocenters. The van der Waals surface area contributed by atoms with E-state index >= 15 is 0 Å². The van der Waals surface area contributed by atoms with E-state index in [1.165, 1.54) is 44.8 Å². The Morgan fingerprint density at radius 3 is 1.27 bits per heavy atom. The molecule has 1 N–H and O–H groups in total. The molecule has 0 aliphatic carbocycles. The molecule has 184 valence electrons. The average Bonchev–Trinajstić information content (AvgIpc) is 3.02. The van der Waals surface area contributed by atoms with Crippen LogP contribution in [-0.2, 0) is 18.7 Å². The minimum atomic E-state index is 0. The summed E-state index contributed by atoms with van der Waals surface area (Å²) in [6, 6.07) is 8.97. The number of hydrogen-bond donors (Lipinski definition) is 1. The number of imidazole rings is 1. The molecule has 4 heteroatoms. The Bertz CT molecular complexity index is 1000. The molecule has 0 aliphatic heterocycles. The summed E-state index contributed by atoms with van der Waals surface area (Å²) in [5.74, 6) is 0. The number of aryl methyl sites for hydroxylation is 6. The zero-order valence-corrected chi connectivity index (χ0v) is 23.2. The zero-order chi connectivity index (χ0) is 23.1. The Labute approximate surface area is 212 Å². The predicted octanol–water partition coefficient (Wildman–Crippen LogP) is 7.05. The first-order valence-electron chi connectivity index (χ1n) is 10.6. The van der Waals surface area contributed by atoms with Crippen molar-refractivity contribution >= 4 is 0 Å². The summed E-state index contributed by atoms with van der Waals surface area (Å²) < 4.78 is 5.56. The van der Waals surface area contributed by atoms with E-state index in [0.717, 1.165) is 17.0 Å². The van der Waals surface area contributed by atoms with Crippen molar-refractivity contribution in [3.8, 4) is 11.4 Å². The van der Waals surface area contributed by atoms with Crippen LogP contribution < -0.4 is 5.32 Å². The number of rotatable bonds is 6. The fourth-order valence-electron chi connectivity index (χ4n) is 4.08. The van der Waals surface area contributed by atoms with Crippen molar-refractivity contribution in [3.63, 3.8) is 0 Å². The second-order valence-corrected chi connectivity index (χ2v) is 8.71. The van der Waals surface area contributed by atoms with Crippen molar-refractivity contribution in [1.82, 2.24) is 14.5 Å².